The lowest BCUT2D eigenvalue weighted by molar-refractivity contribution is -0.139. The molecule has 0 saturated carbocycles. The molecule has 14 heteroatoms. The summed E-state index contributed by atoms with van der Waals surface area (Å²) in [4.78, 5) is 27.5. The van der Waals surface area contributed by atoms with Crippen LogP contribution in [0.4, 0.5) is 18.9 Å². The third-order valence-corrected chi connectivity index (χ3v) is 7.94. The summed E-state index contributed by atoms with van der Waals surface area (Å²) in [5, 5.41) is 2.60. The fourth-order valence-electron chi connectivity index (χ4n) is 3.38. The third-order valence-electron chi connectivity index (χ3n) is 5.73. The minimum atomic E-state index is -4.86. The van der Waals surface area contributed by atoms with Gasteiger partial charge in [-0.15, -0.1) is 0 Å². The Morgan fingerprint density at radius 2 is 1.61 bits per heavy atom. The molecular formula is C24H27Cl3F3N3O4S. The smallest absolute Gasteiger partial charge is 0.352 e. The van der Waals surface area contributed by atoms with E-state index in [2.05, 4.69) is 5.32 Å². The number of hydrogen-bond acceptors (Lipinski definition) is 4. The number of amides is 2. The van der Waals surface area contributed by atoms with Crippen molar-refractivity contribution in [3.8, 4) is 0 Å². The number of sulfonamides is 1. The van der Waals surface area contributed by atoms with Crippen LogP contribution in [0.2, 0.25) is 15.1 Å². The van der Waals surface area contributed by atoms with Crippen molar-refractivity contribution in [2.75, 3.05) is 17.1 Å². The summed E-state index contributed by atoms with van der Waals surface area (Å²) in [5.41, 5.74) is -1.18. The van der Waals surface area contributed by atoms with E-state index in [1.54, 1.807) is 13.0 Å². The minimum Gasteiger partial charge on any atom is -0.352 e. The molecule has 0 aromatic heterocycles. The van der Waals surface area contributed by atoms with Crippen LogP contribution in [0.15, 0.2) is 36.4 Å². The first-order valence-corrected chi connectivity index (χ1v) is 14.3. The van der Waals surface area contributed by atoms with Crippen LogP contribution in [0.3, 0.4) is 0 Å². The van der Waals surface area contributed by atoms with Gasteiger partial charge in [0, 0.05) is 12.6 Å². The van der Waals surface area contributed by atoms with Crippen molar-refractivity contribution in [2.45, 2.75) is 52.0 Å². The number of benzene rings is 2. The van der Waals surface area contributed by atoms with E-state index in [-0.39, 0.29) is 22.6 Å². The van der Waals surface area contributed by atoms with E-state index in [1.807, 2.05) is 6.92 Å². The van der Waals surface area contributed by atoms with Gasteiger partial charge >= 0.3 is 6.18 Å². The van der Waals surface area contributed by atoms with Crippen LogP contribution in [0.5, 0.6) is 0 Å². The highest BCUT2D eigenvalue weighted by Crippen LogP contribution is 2.37. The Bertz CT molecular complexity index is 1290. The number of carbonyl (C=O) groups excluding carboxylic acids is 2. The number of alkyl halides is 3. The second-order valence-corrected chi connectivity index (χ2v) is 11.8. The summed E-state index contributed by atoms with van der Waals surface area (Å²) in [6.45, 7) is 4.07. The molecule has 2 amide bonds. The molecule has 2 aromatic rings. The van der Waals surface area contributed by atoms with Gasteiger partial charge in [-0.3, -0.25) is 13.9 Å². The zero-order chi connectivity index (χ0) is 29.0. The Morgan fingerprint density at radius 1 is 1.00 bits per heavy atom. The van der Waals surface area contributed by atoms with E-state index in [0.717, 1.165) is 23.3 Å². The molecule has 0 fully saturated rings. The van der Waals surface area contributed by atoms with Crippen molar-refractivity contribution >= 4 is 62.3 Å². The van der Waals surface area contributed by atoms with Gasteiger partial charge in [0.25, 0.3) is 0 Å². The second kappa shape index (κ2) is 12.8. The molecular weight excluding hydrogens is 590 g/mol. The topological polar surface area (TPSA) is 86.8 Å². The molecule has 0 saturated heterocycles. The van der Waals surface area contributed by atoms with Crippen molar-refractivity contribution < 1.29 is 31.2 Å². The quantitative estimate of drug-likeness (QED) is 0.368. The molecule has 0 bridgehead atoms. The maximum absolute atomic E-state index is 13.5. The van der Waals surface area contributed by atoms with E-state index in [0.29, 0.717) is 22.4 Å². The number of anilines is 1. The Balaban J connectivity index is 2.50. The van der Waals surface area contributed by atoms with Gasteiger partial charge in [0.15, 0.2) is 0 Å². The number of carbonyl (C=O) groups is 2. The number of hydrogen-bond donors (Lipinski definition) is 1. The van der Waals surface area contributed by atoms with Gasteiger partial charge < -0.3 is 10.2 Å². The highest BCUT2D eigenvalue weighted by atomic mass is 35.5. The van der Waals surface area contributed by atoms with Gasteiger partial charge in [0.1, 0.15) is 12.6 Å². The van der Waals surface area contributed by atoms with Gasteiger partial charge in [-0.1, -0.05) is 47.8 Å². The molecule has 2 rings (SSSR count). The van der Waals surface area contributed by atoms with E-state index >= 15 is 0 Å². The molecule has 38 heavy (non-hydrogen) atoms. The second-order valence-electron chi connectivity index (χ2n) is 8.70. The van der Waals surface area contributed by atoms with Crippen LogP contribution in [0, 0.1) is 0 Å². The molecule has 0 aliphatic heterocycles. The van der Waals surface area contributed by atoms with Crippen molar-refractivity contribution in [3.63, 3.8) is 0 Å². The van der Waals surface area contributed by atoms with E-state index < -0.39 is 56.9 Å². The van der Waals surface area contributed by atoms with Crippen molar-refractivity contribution in [1.82, 2.24) is 10.2 Å². The van der Waals surface area contributed by atoms with Crippen LogP contribution in [-0.2, 0) is 32.3 Å². The predicted octanol–water partition coefficient (Wildman–Crippen LogP) is 5.76. The molecule has 2 atom stereocenters. The van der Waals surface area contributed by atoms with Gasteiger partial charge in [-0.25, -0.2) is 8.42 Å². The molecule has 2 aromatic carbocycles. The summed E-state index contributed by atoms with van der Waals surface area (Å²) in [5.74, 6) is -1.33. The lowest BCUT2D eigenvalue weighted by Crippen LogP contribution is -2.52. The van der Waals surface area contributed by atoms with Crippen molar-refractivity contribution in [1.29, 1.82) is 0 Å². The van der Waals surface area contributed by atoms with Crippen LogP contribution in [-0.4, -0.2) is 50.0 Å². The van der Waals surface area contributed by atoms with Crippen molar-refractivity contribution in [3.05, 3.63) is 62.6 Å². The minimum absolute atomic E-state index is 0.156. The molecule has 0 spiro atoms. The van der Waals surface area contributed by atoms with Gasteiger partial charge in [0.2, 0.25) is 21.8 Å². The summed E-state index contributed by atoms with van der Waals surface area (Å²) >= 11 is 17.7. The normalized spacial score (nSPS) is 13.5. The van der Waals surface area contributed by atoms with Crippen LogP contribution in [0.25, 0.3) is 0 Å². The lowest BCUT2D eigenvalue weighted by atomic mass is 10.1. The number of halogens is 6. The Labute approximate surface area is 234 Å². The molecule has 210 valence electrons. The average molecular weight is 617 g/mol. The first-order valence-electron chi connectivity index (χ1n) is 11.3. The standard InChI is InChI=1S/C24H27Cl3F3N3O4S/c1-5-14(2)31-23(35)15(3)32(12-16-6-8-20(26)21(27)10-16)22(34)13-33(38(4,36)37)17-7-9-19(25)18(11-17)24(28,29)30/h6-11,14-15H,5,12-13H2,1-4H3,(H,31,35)/t14-,15-/m1/s1. The predicted molar refractivity (Wildman–Crippen MR) is 143 cm³/mol. The van der Waals surface area contributed by atoms with Crippen LogP contribution >= 0.6 is 34.8 Å². The molecule has 0 unspecified atom stereocenters. The summed E-state index contributed by atoms with van der Waals surface area (Å²) < 4.78 is 66.0. The summed E-state index contributed by atoms with van der Waals surface area (Å²) in [7, 11) is -4.24. The molecule has 7 nitrogen and oxygen atoms in total. The average Bonchev–Trinajstić information content (AvgIpc) is 2.81. The summed E-state index contributed by atoms with van der Waals surface area (Å²) in [6.07, 6.45) is -3.48. The fourth-order valence-corrected chi connectivity index (χ4v) is 4.77. The van der Waals surface area contributed by atoms with Gasteiger partial charge in [-0.2, -0.15) is 13.2 Å². The van der Waals surface area contributed by atoms with E-state index in [1.165, 1.54) is 19.1 Å². The highest BCUT2D eigenvalue weighted by Gasteiger charge is 2.35. The molecule has 1 N–H and O–H groups in total. The molecule has 0 heterocycles. The Kier molecular flexibility index (Phi) is 10.7. The zero-order valence-electron chi connectivity index (χ0n) is 20.9. The molecule has 0 aliphatic rings. The van der Waals surface area contributed by atoms with Gasteiger partial charge in [0.05, 0.1) is 32.6 Å². The molecule has 0 aliphatic carbocycles. The first kappa shape index (κ1) is 32.0. The largest absolute Gasteiger partial charge is 0.417 e. The highest BCUT2D eigenvalue weighted by molar-refractivity contribution is 7.92. The monoisotopic (exact) mass is 615 g/mol. The SMILES string of the molecule is CC[C@@H](C)NC(=O)[C@@H](C)N(Cc1ccc(Cl)c(Cl)c1)C(=O)CN(c1ccc(Cl)c(C(F)(F)F)c1)S(C)(=O)=O. The lowest BCUT2D eigenvalue weighted by Gasteiger charge is -2.32. The Morgan fingerprint density at radius 3 is 2.13 bits per heavy atom. The van der Waals surface area contributed by atoms with Crippen molar-refractivity contribution in [2.24, 2.45) is 0 Å². The van der Waals surface area contributed by atoms with Crippen LogP contribution in [0.1, 0.15) is 38.3 Å². The summed E-state index contributed by atoms with van der Waals surface area (Å²) in [6, 6.07) is 5.83. The van der Waals surface area contributed by atoms with E-state index in [9.17, 15) is 31.2 Å². The first-order chi connectivity index (χ1) is 17.4. The number of nitrogens with one attached hydrogen (secondary N) is 1. The number of rotatable bonds is 10. The van der Waals surface area contributed by atoms with Gasteiger partial charge in [-0.05, 0) is 56.2 Å². The maximum atomic E-state index is 13.5. The van der Waals surface area contributed by atoms with E-state index in [4.69, 9.17) is 34.8 Å². The zero-order valence-corrected chi connectivity index (χ0v) is 24.0. The Hall–Kier alpha value is -2.21. The maximum Gasteiger partial charge on any atom is 0.417 e. The molecule has 0 radical (unpaired) electrons. The third kappa shape index (κ3) is 8.39. The van der Waals surface area contributed by atoms with Crippen LogP contribution < -0.4 is 9.62 Å². The fraction of sp³-hybridized carbons (Fsp3) is 0.417. The number of nitrogens with zero attached hydrogens (tertiary/aromatic N) is 2.